The molecular formula is C13H24O4. The molecule has 0 spiro atoms. The Kier molecular flexibility index (Phi) is 7.80. The topological polar surface area (TPSA) is 44.8 Å². The van der Waals surface area contributed by atoms with Crippen molar-refractivity contribution in [1.82, 2.24) is 0 Å². The summed E-state index contributed by atoms with van der Waals surface area (Å²) in [6.45, 7) is 3.72. The highest BCUT2D eigenvalue weighted by Gasteiger charge is 2.16. The number of rotatable bonds is 7. The summed E-state index contributed by atoms with van der Waals surface area (Å²) in [5, 5.41) is 0. The molecule has 1 aliphatic rings. The summed E-state index contributed by atoms with van der Waals surface area (Å²) in [5.41, 5.74) is 0. The van der Waals surface area contributed by atoms with Crippen molar-refractivity contribution in [3.63, 3.8) is 0 Å². The van der Waals surface area contributed by atoms with Crippen LogP contribution in [0.15, 0.2) is 0 Å². The second kappa shape index (κ2) is 9.28. The summed E-state index contributed by atoms with van der Waals surface area (Å²) >= 11 is 0. The van der Waals surface area contributed by atoms with Gasteiger partial charge in [0.1, 0.15) is 6.61 Å². The van der Waals surface area contributed by atoms with Crippen molar-refractivity contribution < 1.29 is 19.0 Å². The Morgan fingerprint density at radius 3 is 2.82 bits per heavy atom. The molecule has 17 heavy (non-hydrogen) atoms. The standard InChI is InChI=1S/C13H24O4/c1-2-3-4-6-10-16-13(14)17-11-12-8-5-7-9-15-12/h12H,2-11H2,1H3. The summed E-state index contributed by atoms with van der Waals surface area (Å²) in [6.07, 6.45) is 7.14. The molecule has 1 heterocycles. The molecule has 0 aliphatic carbocycles. The lowest BCUT2D eigenvalue weighted by molar-refractivity contribution is -0.0374. The zero-order valence-electron chi connectivity index (χ0n) is 10.8. The number of ether oxygens (including phenoxy) is 3. The van der Waals surface area contributed by atoms with Gasteiger partial charge in [-0.05, 0) is 25.7 Å². The minimum Gasteiger partial charge on any atom is -0.434 e. The molecule has 4 nitrogen and oxygen atoms in total. The molecule has 0 aromatic heterocycles. The first-order valence-corrected chi connectivity index (χ1v) is 6.74. The minimum atomic E-state index is -0.560. The van der Waals surface area contributed by atoms with Crippen LogP contribution in [0.25, 0.3) is 0 Å². The van der Waals surface area contributed by atoms with Crippen LogP contribution in [0.2, 0.25) is 0 Å². The van der Waals surface area contributed by atoms with Gasteiger partial charge in [0.05, 0.1) is 12.7 Å². The lowest BCUT2D eigenvalue weighted by atomic mass is 10.1. The normalized spacial score (nSPS) is 19.9. The van der Waals surface area contributed by atoms with E-state index in [1.54, 1.807) is 0 Å². The molecular weight excluding hydrogens is 220 g/mol. The molecule has 1 aliphatic heterocycles. The smallest absolute Gasteiger partial charge is 0.434 e. The molecule has 0 aromatic carbocycles. The molecule has 4 heteroatoms. The van der Waals surface area contributed by atoms with E-state index in [2.05, 4.69) is 6.92 Å². The Bertz CT molecular complexity index is 200. The molecule has 1 unspecified atom stereocenters. The first kappa shape index (κ1) is 14.3. The van der Waals surface area contributed by atoms with Crippen molar-refractivity contribution in [3.8, 4) is 0 Å². The van der Waals surface area contributed by atoms with Crippen LogP contribution in [0.1, 0.15) is 51.9 Å². The SMILES string of the molecule is CCCCCCOC(=O)OCC1CCCCO1. The monoisotopic (exact) mass is 244 g/mol. The van der Waals surface area contributed by atoms with Gasteiger partial charge in [-0.2, -0.15) is 0 Å². The fourth-order valence-corrected chi connectivity index (χ4v) is 1.83. The lowest BCUT2D eigenvalue weighted by Crippen LogP contribution is -2.26. The maximum absolute atomic E-state index is 11.2. The Balaban J connectivity index is 1.93. The van der Waals surface area contributed by atoms with Gasteiger partial charge in [-0.25, -0.2) is 4.79 Å². The molecule has 0 saturated carbocycles. The van der Waals surface area contributed by atoms with Gasteiger partial charge in [-0.15, -0.1) is 0 Å². The maximum Gasteiger partial charge on any atom is 0.508 e. The molecule has 0 radical (unpaired) electrons. The van der Waals surface area contributed by atoms with Crippen molar-refractivity contribution in [3.05, 3.63) is 0 Å². The zero-order chi connectivity index (χ0) is 12.3. The van der Waals surface area contributed by atoms with Crippen molar-refractivity contribution in [2.45, 2.75) is 58.0 Å². The third-order valence-electron chi connectivity index (χ3n) is 2.88. The van der Waals surface area contributed by atoms with Gasteiger partial charge in [0, 0.05) is 6.61 Å². The third kappa shape index (κ3) is 7.21. The Hall–Kier alpha value is -0.770. The van der Waals surface area contributed by atoms with Gasteiger partial charge in [0.15, 0.2) is 0 Å². The van der Waals surface area contributed by atoms with Gasteiger partial charge in [-0.3, -0.25) is 0 Å². The summed E-state index contributed by atoms with van der Waals surface area (Å²) < 4.78 is 15.4. The van der Waals surface area contributed by atoms with Crippen LogP contribution < -0.4 is 0 Å². The third-order valence-corrected chi connectivity index (χ3v) is 2.88. The highest BCUT2D eigenvalue weighted by Crippen LogP contribution is 2.12. The van der Waals surface area contributed by atoms with Crippen LogP contribution in [-0.2, 0) is 14.2 Å². The van der Waals surface area contributed by atoms with E-state index < -0.39 is 6.16 Å². The Labute approximate surface area is 104 Å². The van der Waals surface area contributed by atoms with Gasteiger partial charge in [0.2, 0.25) is 0 Å². The Morgan fingerprint density at radius 2 is 2.12 bits per heavy atom. The van der Waals surface area contributed by atoms with Crippen LogP contribution in [-0.4, -0.2) is 32.1 Å². The van der Waals surface area contributed by atoms with E-state index in [1.165, 1.54) is 12.8 Å². The van der Waals surface area contributed by atoms with Crippen LogP contribution in [0, 0.1) is 0 Å². The highest BCUT2D eigenvalue weighted by molar-refractivity contribution is 5.59. The van der Waals surface area contributed by atoms with E-state index in [4.69, 9.17) is 14.2 Å². The van der Waals surface area contributed by atoms with E-state index in [9.17, 15) is 4.79 Å². The van der Waals surface area contributed by atoms with Gasteiger partial charge >= 0.3 is 6.16 Å². The van der Waals surface area contributed by atoms with Crippen molar-refractivity contribution >= 4 is 6.16 Å². The molecule has 1 rings (SSSR count). The van der Waals surface area contributed by atoms with E-state index in [0.29, 0.717) is 13.2 Å². The number of unbranched alkanes of at least 4 members (excludes halogenated alkanes) is 3. The molecule has 0 aromatic rings. The largest absolute Gasteiger partial charge is 0.508 e. The maximum atomic E-state index is 11.2. The predicted octanol–water partition coefficient (Wildman–Crippen LogP) is 3.29. The molecule has 0 N–H and O–H groups in total. The number of hydrogen-bond acceptors (Lipinski definition) is 4. The molecule has 1 atom stereocenters. The van der Waals surface area contributed by atoms with Crippen molar-refractivity contribution in [2.24, 2.45) is 0 Å². The van der Waals surface area contributed by atoms with Gasteiger partial charge in [0.25, 0.3) is 0 Å². The van der Waals surface area contributed by atoms with Gasteiger partial charge in [-0.1, -0.05) is 26.2 Å². The van der Waals surface area contributed by atoms with E-state index in [1.807, 2.05) is 0 Å². The quantitative estimate of drug-likeness (QED) is 0.509. The van der Waals surface area contributed by atoms with Crippen molar-refractivity contribution in [1.29, 1.82) is 0 Å². The summed E-state index contributed by atoms with van der Waals surface area (Å²) in [6, 6.07) is 0. The average Bonchev–Trinajstić information content (AvgIpc) is 2.37. The Morgan fingerprint density at radius 1 is 1.24 bits per heavy atom. The predicted molar refractivity (Wildman–Crippen MR) is 65.0 cm³/mol. The van der Waals surface area contributed by atoms with E-state index in [-0.39, 0.29) is 6.10 Å². The highest BCUT2D eigenvalue weighted by atomic mass is 16.7. The van der Waals surface area contributed by atoms with Gasteiger partial charge < -0.3 is 14.2 Å². The van der Waals surface area contributed by atoms with E-state index >= 15 is 0 Å². The fraction of sp³-hybridized carbons (Fsp3) is 0.923. The first-order chi connectivity index (χ1) is 8.33. The number of carbonyl (C=O) groups is 1. The number of hydrogen-bond donors (Lipinski definition) is 0. The summed E-state index contributed by atoms with van der Waals surface area (Å²) in [7, 11) is 0. The molecule has 1 fully saturated rings. The molecule has 0 amide bonds. The zero-order valence-corrected chi connectivity index (χ0v) is 10.8. The summed E-state index contributed by atoms with van der Waals surface area (Å²) in [5.74, 6) is 0. The molecule has 1 saturated heterocycles. The fourth-order valence-electron chi connectivity index (χ4n) is 1.83. The molecule has 100 valence electrons. The second-order valence-electron chi connectivity index (χ2n) is 4.46. The second-order valence-corrected chi connectivity index (χ2v) is 4.46. The molecule has 0 bridgehead atoms. The van der Waals surface area contributed by atoms with Crippen LogP contribution in [0.3, 0.4) is 0 Å². The average molecular weight is 244 g/mol. The lowest BCUT2D eigenvalue weighted by Gasteiger charge is -2.21. The minimum absolute atomic E-state index is 0.0661. The van der Waals surface area contributed by atoms with Crippen LogP contribution >= 0.6 is 0 Å². The van der Waals surface area contributed by atoms with Crippen LogP contribution in [0.4, 0.5) is 4.79 Å². The van der Waals surface area contributed by atoms with Crippen molar-refractivity contribution in [2.75, 3.05) is 19.8 Å². The first-order valence-electron chi connectivity index (χ1n) is 6.74. The van der Waals surface area contributed by atoms with E-state index in [0.717, 1.165) is 38.7 Å². The number of carbonyl (C=O) groups excluding carboxylic acids is 1. The summed E-state index contributed by atoms with van der Waals surface area (Å²) in [4.78, 5) is 11.2. The van der Waals surface area contributed by atoms with Crippen LogP contribution in [0.5, 0.6) is 0 Å².